The molecule has 0 heterocycles. The van der Waals surface area contributed by atoms with Crippen molar-refractivity contribution in [2.45, 2.75) is 49.5 Å². The summed E-state index contributed by atoms with van der Waals surface area (Å²) in [6, 6.07) is 10.4. The maximum Gasteiger partial charge on any atom is 0.241 e. The summed E-state index contributed by atoms with van der Waals surface area (Å²) >= 11 is 0. The highest BCUT2D eigenvalue weighted by Crippen LogP contribution is 2.33. The lowest BCUT2D eigenvalue weighted by molar-refractivity contribution is 0.270. The standard InChI is InChI=1S/C16H19N3O2S/c1-13-3-2-9-16(11-13,12-18)19-22(20,21)15-6-4-14(5-7-15)8-10-17/h4-7,13,19H,2-3,8-9,11H2,1H3/t13-,16-/m1/s1. The molecule has 1 saturated carbocycles. The van der Waals surface area contributed by atoms with Crippen molar-refractivity contribution in [3.05, 3.63) is 29.8 Å². The van der Waals surface area contributed by atoms with Gasteiger partial charge >= 0.3 is 0 Å². The van der Waals surface area contributed by atoms with Gasteiger partial charge in [-0.05, 0) is 36.5 Å². The zero-order valence-corrected chi connectivity index (χ0v) is 13.4. The number of nitrogens with one attached hydrogen (secondary N) is 1. The van der Waals surface area contributed by atoms with Crippen molar-refractivity contribution >= 4 is 10.0 Å². The molecule has 116 valence electrons. The van der Waals surface area contributed by atoms with E-state index in [0.717, 1.165) is 18.4 Å². The van der Waals surface area contributed by atoms with Crippen molar-refractivity contribution in [3.8, 4) is 12.1 Å². The normalized spacial score (nSPS) is 25.1. The third-order valence-electron chi connectivity index (χ3n) is 4.06. The van der Waals surface area contributed by atoms with Crippen molar-refractivity contribution in [2.24, 2.45) is 5.92 Å². The Morgan fingerprint density at radius 1 is 1.32 bits per heavy atom. The van der Waals surface area contributed by atoms with Crippen molar-refractivity contribution < 1.29 is 8.42 Å². The largest absolute Gasteiger partial charge is 0.241 e. The third-order valence-corrected chi connectivity index (χ3v) is 5.61. The molecular formula is C16H19N3O2S. The van der Waals surface area contributed by atoms with E-state index >= 15 is 0 Å². The molecule has 1 N–H and O–H groups in total. The highest BCUT2D eigenvalue weighted by Gasteiger charge is 2.39. The van der Waals surface area contributed by atoms with E-state index in [1.54, 1.807) is 12.1 Å². The molecule has 0 unspecified atom stereocenters. The van der Waals surface area contributed by atoms with Crippen LogP contribution in [0.5, 0.6) is 0 Å². The summed E-state index contributed by atoms with van der Waals surface area (Å²) in [5, 5.41) is 18.1. The minimum Gasteiger partial charge on any atom is -0.207 e. The van der Waals surface area contributed by atoms with Crippen LogP contribution in [0.1, 0.15) is 38.2 Å². The molecule has 0 saturated heterocycles. The molecule has 0 aromatic heterocycles. The van der Waals surface area contributed by atoms with Gasteiger partial charge in [0, 0.05) is 0 Å². The van der Waals surface area contributed by atoms with E-state index in [1.165, 1.54) is 12.1 Å². The second kappa shape index (κ2) is 6.48. The smallest absolute Gasteiger partial charge is 0.207 e. The second-order valence-electron chi connectivity index (χ2n) is 5.98. The molecule has 22 heavy (non-hydrogen) atoms. The molecule has 1 fully saturated rings. The molecule has 0 bridgehead atoms. The van der Waals surface area contributed by atoms with Crippen LogP contribution < -0.4 is 4.72 Å². The van der Waals surface area contributed by atoms with Gasteiger partial charge in [0.1, 0.15) is 5.54 Å². The van der Waals surface area contributed by atoms with Crippen LogP contribution in [-0.2, 0) is 16.4 Å². The van der Waals surface area contributed by atoms with Crippen LogP contribution >= 0.6 is 0 Å². The number of rotatable bonds is 4. The Kier molecular flexibility index (Phi) is 4.85. The van der Waals surface area contributed by atoms with E-state index in [4.69, 9.17) is 5.26 Å². The third kappa shape index (κ3) is 3.65. The number of sulfonamides is 1. The van der Waals surface area contributed by atoms with E-state index in [1.807, 2.05) is 13.0 Å². The quantitative estimate of drug-likeness (QED) is 0.923. The maximum atomic E-state index is 12.5. The first-order valence-corrected chi connectivity index (χ1v) is 8.80. The Morgan fingerprint density at radius 2 is 2.00 bits per heavy atom. The Bertz CT molecular complexity index is 713. The number of hydrogen-bond donors (Lipinski definition) is 1. The van der Waals surface area contributed by atoms with Gasteiger partial charge in [-0.2, -0.15) is 15.2 Å². The molecule has 6 heteroatoms. The van der Waals surface area contributed by atoms with Gasteiger partial charge in [0.2, 0.25) is 10.0 Å². The molecule has 0 radical (unpaired) electrons. The highest BCUT2D eigenvalue weighted by atomic mass is 32.2. The van der Waals surface area contributed by atoms with Crippen molar-refractivity contribution in [1.82, 2.24) is 4.72 Å². The summed E-state index contributed by atoms with van der Waals surface area (Å²) in [5.41, 5.74) is -0.246. The Balaban J connectivity index is 2.23. The SMILES string of the molecule is C[C@@H]1CCC[C@@](C#N)(NS(=O)(=O)c2ccc(CC#N)cc2)C1. The van der Waals surface area contributed by atoms with Gasteiger partial charge in [0.15, 0.2) is 0 Å². The van der Waals surface area contributed by atoms with Gasteiger partial charge in [0.05, 0.1) is 23.5 Å². The first-order valence-electron chi connectivity index (χ1n) is 7.32. The van der Waals surface area contributed by atoms with E-state index in [-0.39, 0.29) is 11.3 Å². The molecule has 5 nitrogen and oxygen atoms in total. The first kappa shape index (κ1) is 16.5. The molecule has 2 rings (SSSR count). The molecule has 1 aromatic carbocycles. The predicted octanol–water partition coefficient (Wildman–Crippen LogP) is 2.50. The molecule has 0 amide bonds. The topological polar surface area (TPSA) is 93.8 Å². The zero-order chi connectivity index (χ0) is 16.2. The Labute approximate surface area is 131 Å². The molecule has 2 atom stereocenters. The van der Waals surface area contributed by atoms with Crippen LogP contribution in [-0.4, -0.2) is 14.0 Å². The number of nitriles is 2. The fourth-order valence-corrected chi connectivity index (χ4v) is 4.32. The van der Waals surface area contributed by atoms with Crippen LogP contribution in [0.2, 0.25) is 0 Å². The number of nitrogens with zero attached hydrogens (tertiary/aromatic N) is 2. The Morgan fingerprint density at radius 3 is 2.55 bits per heavy atom. The molecule has 0 aliphatic heterocycles. The molecule has 0 spiro atoms. The summed E-state index contributed by atoms with van der Waals surface area (Å²) in [4.78, 5) is 0.127. The van der Waals surface area contributed by atoms with Crippen LogP contribution in [0.15, 0.2) is 29.2 Å². The van der Waals surface area contributed by atoms with E-state index in [0.29, 0.717) is 18.8 Å². The number of benzene rings is 1. The van der Waals surface area contributed by atoms with Crippen LogP contribution in [0.4, 0.5) is 0 Å². The van der Waals surface area contributed by atoms with Crippen molar-refractivity contribution in [3.63, 3.8) is 0 Å². The lowest BCUT2D eigenvalue weighted by Crippen LogP contribution is -2.49. The van der Waals surface area contributed by atoms with Crippen LogP contribution in [0, 0.1) is 28.6 Å². The molecule has 1 aromatic rings. The van der Waals surface area contributed by atoms with E-state index in [2.05, 4.69) is 10.8 Å². The zero-order valence-electron chi connectivity index (χ0n) is 12.5. The summed E-state index contributed by atoms with van der Waals surface area (Å²) < 4.78 is 27.6. The molecule has 1 aliphatic rings. The first-order chi connectivity index (χ1) is 10.4. The van der Waals surface area contributed by atoms with Gasteiger partial charge in [-0.3, -0.25) is 0 Å². The molecular weight excluding hydrogens is 298 g/mol. The van der Waals surface area contributed by atoms with Gasteiger partial charge in [-0.1, -0.05) is 31.9 Å². The summed E-state index contributed by atoms with van der Waals surface area (Å²) in [6.07, 6.45) is 3.19. The maximum absolute atomic E-state index is 12.5. The number of hydrogen-bond acceptors (Lipinski definition) is 4. The fourth-order valence-electron chi connectivity index (χ4n) is 2.96. The fraction of sp³-hybridized carbons (Fsp3) is 0.500. The second-order valence-corrected chi connectivity index (χ2v) is 7.66. The van der Waals surface area contributed by atoms with Crippen molar-refractivity contribution in [1.29, 1.82) is 10.5 Å². The van der Waals surface area contributed by atoms with Gasteiger partial charge in [-0.15, -0.1) is 0 Å². The lowest BCUT2D eigenvalue weighted by atomic mass is 9.78. The van der Waals surface area contributed by atoms with Crippen LogP contribution in [0.25, 0.3) is 0 Å². The highest BCUT2D eigenvalue weighted by molar-refractivity contribution is 7.89. The van der Waals surface area contributed by atoms with E-state index < -0.39 is 15.6 Å². The minimum atomic E-state index is -3.74. The van der Waals surface area contributed by atoms with E-state index in [9.17, 15) is 13.7 Å². The summed E-state index contributed by atoms with van der Waals surface area (Å²) in [5.74, 6) is 0.328. The predicted molar refractivity (Wildman–Crippen MR) is 82.1 cm³/mol. The average molecular weight is 317 g/mol. The molecule has 1 aliphatic carbocycles. The van der Waals surface area contributed by atoms with Gasteiger partial charge in [-0.25, -0.2) is 8.42 Å². The Hall–Kier alpha value is -1.89. The van der Waals surface area contributed by atoms with Gasteiger partial charge < -0.3 is 0 Å². The summed E-state index contributed by atoms with van der Waals surface area (Å²) in [6.45, 7) is 2.04. The lowest BCUT2D eigenvalue weighted by Gasteiger charge is -2.34. The van der Waals surface area contributed by atoms with Crippen LogP contribution in [0.3, 0.4) is 0 Å². The monoisotopic (exact) mass is 317 g/mol. The minimum absolute atomic E-state index is 0.127. The summed E-state index contributed by atoms with van der Waals surface area (Å²) in [7, 11) is -3.74. The average Bonchev–Trinajstić information content (AvgIpc) is 2.48. The van der Waals surface area contributed by atoms with Crippen molar-refractivity contribution in [2.75, 3.05) is 0 Å². The van der Waals surface area contributed by atoms with Gasteiger partial charge in [0.25, 0.3) is 0 Å².